The molecule has 0 radical (unpaired) electrons. The van der Waals surface area contributed by atoms with Crippen molar-refractivity contribution in [1.29, 1.82) is 0 Å². The second-order valence-corrected chi connectivity index (χ2v) is 13.7. The van der Waals surface area contributed by atoms with Crippen molar-refractivity contribution >= 4 is 71.8 Å². The molecule has 272 valence electrons. The van der Waals surface area contributed by atoms with E-state index < -0.39 is 0 Å². The van der Waals surface area contributed by atoms with E-state index in [1.807, 2.05) is 58.9 Å². The summed E-state index contributed by atoms with van der Waals surface area (Å²) in [7, 11) is 0. The highest BCUT2D eigenvalue weighted by molar-refractivity contribution is 6.29. The second-order valence-electron chi connectivity index (χ2n) is 13.7. The van der Waals surface area contributed by atoms with Crippen LogP contribution in [0.3, 0.4) is 0 Å². The van der Waals surface area contributed by atoms with E-state index in [1.54, 1.807) is 0 Å². The second kappa shape index (κ2) is 15.2. The number of rotatable bonds is 5. The summed E-state index contributed by atoms with van der Waals surface area (Å²) in [6, 6.07) is 40.0. The molecule has 10 rings (SSSR count). The fourth-order valence-corrected chi connectivity index (χ4v) is 8.58. The van der Waals surface area contributed by atoms with Crippen LogP contribution in [0.15, 0.2) is 155 Å². The molecule has 0 fully saturated rings. The summed E-state index contributed by atoms with van der Waals surface area (Å²) in [4.78, 5) is 0. The Balaban J connectivity index is 0.00000104. The van der Waals surface area contributed by atoms with Gasteiger partial charge in [-0.3, -0.25) is 0 Å². The molecule has 2 heterocycles. The molecule has 3 nitrogen and oxygen atoms in total. The van der Waals surface area contributed by atoms with Crippen LogP contribution < -0.4 is 5.73 Å². The molecule has 8 aromatic rings. The van der Waals surface area contributed by atoms with Crippen molar-refractivity contribution in [3.8, 4) is 5.69 Å². The summed E-state index contributed by atoms with van der Waals surface area (Å²) in [5.41, 5.74) is 17.2. The molecule has 3 heteroatoms. The van der Waals surface area contributed by atoms with Crippen LogP contribution in [-0.2, 0) is 12.8 Å². The molecular weight excluding hydrogens is 669 g/mol. The van der Waals surface area contributed by atoms with Crippen LogP contribution >= 0.6 is 0 Å². The van der Waals surface area contributed by atoms with Crippen LogP contribution in [0.25, 0.3) is 77.5 Å². The minimum absolute atomic E-state index is 0.738. The molecule has 2 N–H and O–H groups in total. The third-order valence-corrected chi connectivity index (χ3v) is 10.8. The van der Waals surface area contributed by atoms with Crippen molar-refractivity contribution < 1.29 is 4.42 Å². The quantitative estimate of drug-likeness (QED) is 0.180. The predicted octanol–water partition coefficient (Wildman–Crippen LogP) is 14.3. The molecule has 55 heavy (non-hydrogen) atoms. The number of allylic oxidation sites excluding steroid dienone is 7. The highest BCUT2D eigenvalue weighted by atomic mass is 16.3. The van der Waals surface area contributed by atoms with Gasteiger partial charge >= 0.3 is 0 Å². The minimum atomic E-state index is 0.738. The third kappa shape index (κ3) is 5.92. The molecule has 6 aromatic carbocycles. The van der Waals surface area contributed by atoms with Crippen LogP contribution in [0, 0.1) is 0 Å². The fourth-order valence-electron chi connectivity index (χ4n) is 8.58. The highest BCUT2D eigenvalue weighted by Gasteiger charge is 2.28. The summed E-state index contributed by atoms with van der Waals surface area (Å²) in [6.45, 7) is 10.0. The first-order valence-corrected chi connectivity index (χ1v) is 19.9. The molecular formula is C52H48N2O. The highest BCUT2D eigenvalue weighted by Crippen LogP contribution is 2.45. The predicted molar refractivity (Wildman–Crippen MR) is 239 cm³/mol. The van der Waals surface area contributed by atoms with Crippen LogP contribution in [0.1, 0.15) is 69.3 Å². The fraction of sp³-hybridized carbons (Fsp3) is 0.154. The zero-order valence-corrected chi connectivity index (χ0v) is 32.5. The summed E-state index contributed by atoms with van der Waals surface area (Å²) in [5, 5.41) is 9.93. The van der Waals surface area contributed by atoms with E-state index in [9.17, 15) is 0 Å². The van der Waals surface area contributed by atoms with Crippen molar-refractivity contribution in [2.24, 2.45) is 5.73 Å². The molecule has 2 aromatic heterocycles. The smallest absolute Gasteiger partial charge is 0.131 e. The zero-order valence-electron chi connectivity index (χ0n) is 32.5. The van der Waals surface area contributed by atoms with Gasteiger partial charge in [0.25, 0.3) is 0 Å². The van der Waals surface area contributed by atoms with Gasteiger partial charge in [-0.15, -0.1) is 0 Å². The molecule has 0 spiro atoms. The molecule has 0 amide bonds. The summed E-state index contributed by atoms with van der Waals surface area (Å²) in [5.74, 6) is 2.07. The van der Waals surface area contributed by atoms with Gasteiger partial charge in [0.2, 0.25) is 0 Å². The average Bonchev–Trinajstić information content (AvgIpc) is 3.92. The monoisotopic (exact) mass is 716 g/mol. The number of hydrogen-bond donors (Lipinski definition) is 1. The van der Waals surface area contributed by atoms with E-state index in [0.717, 1.165) is 58.7 Å². The Morgan fingerprint density at radius 2 is 1.31 bits per heavy atom. The maximum absolute atomic E-state index is 7.06. The van der Waals surface area contributed by atoms with Crippen molar-refractivity contribution in [1.82, 2.24) is 4.57 Å². The van der Waals surface area contributed by atoms with E-state index in [2.05, 4.69) is 132 Å². The number of nitrogens with two attached hydrogens (primary N) is 1. The van der Waals surface area contributed by atoms with Crippen LogP contribution in [-0.4, -0.2) is 4.57 Å². The van der Waals surface area contributed by atoms with Gasteiger partial charge in [0, 0.05) is 51.4 Å². The first-order valence-electron chi connectivity index (χ1n) is 19.9. The van der Waals surface area contributed by atoms with E-state index in [0.29, 0.717) is 0 Å². The molecule has 2 aliphatic carbocycles. The zero-order chi connectivity index (χ0) is 38.1. The van der Waals surface area contributed by atoms with Crippen LogP contribution in [0.2, 0.25) is 0 Å². The summed E-state index contributed by atoms with van der Waals surface area (Å²) in [6.07, 6.45) is 17.6. The largest absolute Gasteiger partial charge is 0.461 e. The molecule has 0 saturated carbocycles. The Morgan fingerprint density at radius 3 is 1.96 bits per heavy atom. The number of nitrogens with zero attached hydrogens (tertiary/aromatic N) is 1. The minimum Gasteiger partial charge on any atom is -0.461 e. The van der Waals surface area contributed by atoms with Gasteiger partial charge in [-0.05, 0) is 81.8 Å². The number of fused-ring (bicyclic) bond motifs is 11. The molecule has 0 unspecified atom stereocenters. The maximum atomic E-state index is 7.06. The van der Waals surface area contributed by atoms with E-state index in [4.69, 9.17) is 10.2 Å². The average molecular weight is 717 g/mol. The molecule has 0 bridgehead atoms. The summed E-state index contributed by atoms with van der Waals surface area (Å²) >= 11 is 0. The van der Waals surface area contributed by atoms with E-state index >= 15 is 0 Å². The lowest BCUT2D eigenvalue weighted by atomic mass is 9.89. The lowest BCUT2D eigenvalue weighted by molar-refractivity contribution is 0.499. The van der Waals surface area contributed by atoms with Crippen molar-refractivity contribution in [3.63, 3.8) is 0 Å². The Labute approximate surface area is 324 Å². The van der Waals surface area contributed by atoms with Crippen molar-refractivity contribution in [2.45, 2.75) is 53.9 Å². The molecule has 2 aliphatic rings. The number of hydrogen-bond acceptors (Lipinski definition) is 2. The van der Waals surface area contributed by atoms with E-state index in [1.165, 1.54) is 65.4 Å². The number of furan rings is 1. The standard InChI is InChI=1S/C48H36N2O.2C2H6/c1-2-3-4-20-40(49)46(32-28-39-37-19-11-12-21-44(37)51-45(39)29-32)38-24-27-41(36-18-10-9-17-35(36)38)50-42-25-22-30-13-5-7-15-33(30)47(42)48-34-16-8-6-14-31(34)23-26-43(48)50;2*1-2/h2-11,13-20,22-27,29H,12,21,28,49H2,1H3;2*1-2H3/b3-2-,20-4-,46-40-;;. The summed E-state index contributed by atoms with van der Waals surface area (Å²) < 4.78 is 8.89. The van der Waals surface area contributed by atoms with Crippen molar-refractivity contribution in [2.75, 3.05) is 0 Å². The van der Waals surface area contributed by atoms with Gasteiger partial charge in [0.15, 0.2) is 0 Å². The van der Waals surface area contributed by atoms with Crippen LogP contribution in [0.5, 0.6) is 0 Å². The first kappa shape index (κ1) is 35.7. The normalized spacial score (nSPS) is 13.9. The Hall–Kier alpha value is -6.32. The topological polar surface area (TPSA) is 44.1 Å². The van der Waals surface area contributed by atoms with Gasteiger partial charge in [-0.25, -0.2) is 0 Å². The van der Waals surface area contributed by atoms with Crippen LogP contribution in [0.4, 0.5) is 0 Å². The van der Waals surface area contributed by atoms with Crippen molar-refractivity contribution in [3.05, 3.63) is 179 Å². The molecule has 0 saturated heterocycles. The van der Waals surface area contributed by atoms with E-state index in [-0.39, 0.29) is 0 Å². The molecule has 0 aliphatic heterocycles. The molecule has 0 atom stereocenters. The number of aromatic nitrogens is 1. The Morgan fingerprint density at radius 1 is 0.691 bits per heavy atom. The van der Waals surface area contributed by atoms with Gasteiger partial charge in [0.05, 0.1) is 16.7 Å². The lowest BCUT2D eigenvalue weighted by Gasteiger charge is -2.19. The number of aryl methyl sites for hydroxylation is 1. The Kier molecular flexibility index (Phi) is 9.86. The SMILES string of the molecule is CC.CC.C\C=C/C=C\C(N)=C(/C1=Cc2oc3c(c2C1)C=CCC3)c1ccc(-n2c3ccc4ccccc4c3c3c4ccccc4ccc32)c2ccccc12. The third-order valence-electron chi connectivity index (χ3n) is 10.8. The Bertz CT molecular complexity index is 2810. The maximum Gasteiger partial charge on any atom is 0.131 e. The van der Waals surface area contributed by atoms with Gasteiger partial charge in [0.1, 0.15) is 11.5 Å². The lowest BCUT2D eigenvalue weighted by Crippen LogP contribution is -2.05. The van der Waals surface area contributed by atoms with Gasteiger partial charge in [-0.1, -0.05) is 149 Å². The number of benzene rings is 6. The van der Waals surface area contributed by atoms with Gasteiger partial charge in [-0.2, -0.15) is 0 Å². The van der Waals surface area contributed by atoms with Gasteiger partial charge < -0.3 is 14.7 Å². The first-order chi connectivity index (χ1) is 27.2.